The fraction of sp³-hybridized carbons (Fsp3) is 0.133. The number of hydrogen-bond acceptors (Lipinski definition) is 0. The normalized spacial score (nSPS) is 8.87. The van der Waals surface area contributed by atoms with E-state index in [1.165, 1.54) is 5.56 Å². The van der Waals surface area contributed by atoms with Gasteiger partial charge >= 0.3 is 0 Å². The molecular weight excluding hydrogens is 180 g/mol. The lowest BCUT2D eigenvalue weighted by atomic mass is 10.1. The minimum Gasteiger partial charge on any atom is -0.0622 e. The molecular formula is C15H16. The number of rotatable bonds is 2. The van der Waals surface area contributed by atoms with Crippen molar-refractivity contribution in [3.63, 3.8) is 0 Å². The van der Waals surface area contributed by atoms with E-state index in [4.69, 9.17) is 0 Å². The first-order valence-electron chi connectivity index (χ1n) is 5.17. The van der Waals surface area contributed by atoms with E-state index in [9.17, 15) is 0 Å². The van der Waals surface area contributed by atoms with Gasteiger partial charge in [0.25, 0.3) is 0 Å². The van der Waals surface area contributed by atoms with Crippen molar-refractivity contribution in [1.82, 2.24) is 0 Å². The summed E-state index contributed by atoms with van der Waals surface area (Å²) in [7, 11) is 0. The van der Waals surface area contributed by atoms with E-state index in [1.807, 2.05) is 36.4 Å². The van der Waals surface area contributed by atoms with E-state index >= 15 is 0 Å². The van der Waals surface area contributed by atoms with Crippen molar-refractivity contribution >= 4 is 0 Å². The summed E-state index contributed by atoms with van der Waals surface area (Å²) in [6, 6.07) is 22.9. The standard InChI is InChI=1S/C9H11.C6H5/c1-2-6-9-7-4-3-5-8-9;1-2-4-6-5-3-1/h3-5,7-8H,1-2,6H2;1-5H. The Morgan fingerprint density at radius 3 is 1.87 bits per heavy atom. The Bertz CT molecular complexity index is 297. The van der Waals surface area contributed by atoms with E-state index in [-0.39, 0.29) is 0 Å². The monoisotopic (exact) mass is 196 g/mol. The van der Waals surface area contributed by atoms with Crippen molar-refractivity contribution in [2.45, 2.75) is 12.8 Å². The Hall–Kier alpha value is -1.56. The molecule has 2 aromatic carbocycles. The van der Waals surface area contributed by atoms with Gasteiger partial charge in [-0.3, -0.25) is 0 Å². The van der Waals surface area contributed by atoms with E-state index in [0.29, 0.717) is 0 Å². The minimum atomic E-state index is 0.990. The van der Waals surface area contributed by atoms with Crippen LogP contribution in [-0.2, 0) is 6.42 Å². The minimum absolute atomic E-state index is 0.990. The van der Waals surface area contributed by atoms with Crippen molar-refractivity contribution < 1.29 is 0 Å². The molecule has 0 spiro atoms. The molecule has 0 atom stereocenters. The fourth-order valence-electron chi connectivity index (χ4n) is 1.19. The molecule has 0 bridgehead atoms. The molecule has 2 radical (unpaired) electrons. The molecule has 0 aliphatic rings. The van der Waals surface area contributed by atoms with Gasteiger partial charge in [0, 0.05) is 0 Å². The van der Waals surface area contributed by atoms with Crippen molar-refractivity contribution in [3.8, 4) is 0 Å². The van der Waals surface area contributed by atoms with Gasteiger partial charge in [-0.25, -0.2) is 0 Å². The number of benzene rings is 2. The summed E-state index contributed by atoms with van der Waals surface area (Å²) < 4.78 is 0. The molecule has 0 amide bonds. The molecule has 0 N–H and O–H groups in total. The first kappa shape index (κ1) is 11.5. The van der Waals surface area contributed by atoms with Crippen LogP contribution >= 0.6 is 0 Å². The van der Waals surface area contributed by atoms with Gasteiger partial charge in [0.2, 0.25) is 0 Å². The van der Waals surface area contributed by atoms with Crippen LogP contribution in [0.3, 0.4) is 0 Å². The zero-order chi connectivity index (χ0) is 10.8. The van der Waals surface area contributed by atoms with Gasteiger partial charge in [-0.1, -0.05) is 67.6 Å². The lowest BCUT2D eigenvalue weighted by Crippen LogP contribution is -1.79. The second-order valence-electron chi connectivity index (χ2n) is 3.17. The van der Waals surface area contributed by atoms with Crippen LogP contribution in [-0.4, -0.2) is 0 Å². The van der Waals surface area contributed by atoms with E-state index in [0.717, 1.165) is 12.8 Å². The summed E-state index contributed by atoms with van der Waals surface area (Å²) in [5.74, 6) is 0. The molecule has 2 rings (SSSR count). The van der Waals surface area contributed by atoms with Gasteiger partial charge in [-0.15, -0.1) is 0 Å². The highest BCUT2D eigenvalue weighted by Crippen LogP contribution is 2.00. The maximum absolute atomic E-state index is 3.78. The Labute approximate surface area is 92.6 Å². The summed E-state index contributed by atoms with van der Waals surface area (Å²) >= 11 is 0. The van der Waals surface area contributed by atoms with E-state index in [1.54, 1.807) is 0 Å². The van der Waals surface area contributed by atoms with Crippen LogP contribution in [0.1, 0.15) is 12.0 Å². The van der Waals surface area contributed by atoms with Gasteiger partial charge in [0.15, 0.2) is 0 Å². The SMILES string of the molecule is [CH2]CCc1ccccc1.[c]1ccccc1. The summed E-state index contributed by atoms with van der Waals surface area (Å²) in [4.78, 5) is 0. The van der Waals surface area contributed by atoms with Gasteiger partial charge in [0.1, 0.15) is 0 Å². The molecule has 0 nitrogen and oxygen atoms in total. The first-order valence-corrected chi connectivity index (χ1v) is 5.17. The van der Waals surface area contributed by atoms with Crippen molar-refractivity contribution in [2.75, 3.05) is 0 Å². The number of aryl methyl sites for hydroxylation is 1. The predicted octanol–water partition coefficient (Wildman–Crippen LogP) is 3.94. The second kappa shape index (κ2) is 7.81. The first-order chi connectivity index (χ1) is 7.43. The molecule has 0 aliphatic heterocycles. The van der Waals surface area contributed by atoms with Gasteiger partial charge in [0.05, 0.1) is 0 Å². The van der Waals surface area contributed by atoms with Crippen molar-refractivity contribution in [2.24, 2.45) is 0 Å². The smallest absolute Gasteiger partial charge is 0.0184 e. The summed E-state index contributed by atoms with van der Waals surface area (Å²) in [6.07, 6.45) is 2.09. The van der Waals surface area contributed by atoms with E-state index < -0.39 is 0 Å². The maximum atomic E-state index is 3.78. The molecule has 0 aliphatic carbocycles. The van der Waals surface area contributed by atoms with Crippen molar-refractivity contribution in [1.29, 1.82) is 0 Å². The summed E-state index contributed by atoms with van der Waals surface area (Å²) in [5.41, 5.74) is 1.38. The zero-order valence-electron chi connectivity index (χ0n) is 8.89. The number of hydrogen-bond donors (Lipinski definition) is 0. The lowest BCUT2D eigenvalue weighted by Gasteiger charge is -1.93. The average Bonchev–Trinajstić information content (AvgIpc) is 2.34. The largest absolute Gasteiger partial charge is 0.0622 e. The highest BCUT2D eigenvalue weighted by Gasteiger charge is 1.84. The van der Waals surface area contributed by atoms with Crippen LogP contribution in [0.25, 0.3) is 0 Å². The van der Waals surface area contributed by atoms with Crippen LogP contribution in [0, 0.1) is 13.0 Å². The van der Waals surface area contributed by atoms with Crippen LogP contribution in [0.15, 0.2) is 60.7 Å². The molecule has 0 fully saturated rings. The Kier molecular flexibility index (Phi) is 5.99. The molecule has 2 aromatic rings. The van der Waals surface area contributed by atoms with Gasteiger partial charge in [-0.2, -0.15) is 0 Å². The topological polar surface area (TPSA) is 0 Å². The molecule has 0 saturated carbocycles. The van der Waals surface area contributed by atoms with Gasteiger partial charge in [-0.05, 0) is 24.5 Å². The molecule has 76 valence electrons. The zero-order valence-corrected chi connectivity index (χ0v) is 8.89. The summed E-state index contributed by atoms with van der Waals surface area (Å²) in [5, 5.41) is 0. The average molecular weight is 196 g/mol. The van der Waals surface area contributed by atoms with Crippen LogP contribution < -0.4 is 0 Å². The van der Waals surface area contributed by atoms with Gasteiger partial charge < -0.3 is 0 Å². The lowest BCUT2D eigenvalue weighted by molar-refractivity contribution is 1.000. The van der Waals surface area contributed by atoms with Crippen LogP contribution in [0.4, 0.5) is 0 Å². The Morgan fingerprint density at radius 2 is 1.47 bits per heavy atom. The third-order valence-electron chi connectivity index (χ3n) is 1.92. The quantitative estimate of drug-likeness (QED) is 0.682. The third-order valence-corrected chi connectivity index (χ3v) is 1.92. The Balaban J connectivity index is 0.000000162. The van der Waals surface area contributed by atoms with Crippen molar-refractivity contribution in [3.05, 3.63) is 79.2 Å². The van der Waals surface area contributed by atoms with Crippen LogP contribution in [0.5, 0.6) is 0 Å². The second-order valence-corrected chi connectivity index (χ2v) is 3.17. The third kappa shape index (κ3) is 5.69. The highest BCUT2D eigenvalue weighted by atomic mass is 13.9. The molecule has 15 heavy (non-hydrogen) atoms. The molecule has 0 saturated heterocycles. The molecule has 0 unspecified atom stereocenters. The molecule has 0 aromatic heterocycles. The van der Waals surface area contributed by atoms with Crippen LogP contribution in [0.2, 0.25) is 0 Å². The van der Waals surface area contributed by atoms with E-state index in [2.05, 4.69) is 37.3 Å². The highest BCUT2D eigenvalue weighted by molar-refractivity contribution is 5.14. The molecule has 0 heterocycles. The Morgan fingerprint density at radius 1 is 0.867 bits per heavy atom. The maximum Gasteiger partial charge on any atom is -0.0184 e. The fourth-order valence-corrected chi connectivity index (χ4v) is 1.19. The predicted molar refractivity (Wildman–Crippen MR) is 65.4 cm³/mol. The summed E-state index contributed by atoms with van der Waals surface area (Å²) in [6.45, 7) is 3.78. The molecule has 0 heteroatoms.